The first-order chi connectivity index (χ1) is 22.1. The van der Waals surface area contributed by atoms with Crippen LogP contribution in [0.15, 0.2) is 150 Å². The fraction of sp³-hybridized carbons (Fsp3) is 0.0732. The molecular formula is C41H29ClN2S. The molecule has 7 aromatic rings. The zero-order valence-corrected chi connectivity index (χ0v) is 26.3. The molecule has 0 bridgehead atoms. The minimum atomic E-state index is 0.177. The van der Waals surface area contributed by atoms with E-state index in [1.54, 1.807) is 11.3 Å². The number of hydrogen-bond donors (Lipinski definition) is 0. The molecular weight excluding hydrogens is 588 g/mol. The third kappa shape index (κ3) is 5.29. The molecule has 2 nitrogen and oxygen atoms in total. The van der Waals surface area contributed by atoms with E-state index < -0.39 is 0 Å². The van der Waals surface area contributed by atoms with Crippen LogP contribution in [-0.4, -0.2) is 11.5 Å². The number of allylic oxidation sites excluding steroid dienone is 1. The number of amidine groups is 1. The highest BCUT2D eigenvalue weighted by molar-refractivity contribution is 7.26. The van der Waals surface area contributed by atoms with Crippen LogP contribution < -0.4 is 0 Å². The predicted molar refractivity (Wildman–Crippen MR) is 195 cm³/mol. The highest BCUT2D eigenvalue weighted by atomic mass is 35.5. The van der Waals surface area contributed by atoms with Gasteiger partial charge in [-0.2, -0.15) is 0 Å². The highest BCUT2D eigenvalue weighted by Gasteiger charge is 2.20. The van der Waals surface area contributed by atoms with Gasteiger partial charge < -0.3 is 0 Å². The molecule has 0 fully saturated rings. The van der Waals surface area contributed by atoms with E-state index in [4.69, 9.17) is 21.6 Å². The van der Waals surface area contributed by atoms with E-state index in [1.165, 1.54) is 31.8 Å². The Balaban J connectivity index is 1.29. The standard InChI is InChI=1S/C41H29ClN2S/c1-26-15-22-37(33-24-35-34-13-7-8-14-38(34)45-40(35)36(42)25-33)43-41(30-19-16-29(17-20-30)27-9-3-2-4-10-27)44-39(26)32-21-18-28-11-5-6-12-31(28)23-32/h2-14,16-26H,15H2,1H3/b37-22+,43-41-,44-39+/t26-/m1/s1. The van der Waals surface area contributed by atoms with Gasteiger partial charge in [-0.15, -0.1) is 11.3 Å². The van der Waals surface area contributed by atoms with E-state index >= 15 is 0 Å². The van der Waals surface area contributed by atoms with Gasteiger partial charge in [-0.05, 0) is 58.1 Å². The Morgan fingerprint density at radius 3 is 2.13 bits per heavy atom. The monoisotopic (exact) mass is 616 g/mol. The molecule has 0 amide bonds. The lowest BCUT2D eigenvalue weighted by atomic mass is 9.92. The number of benzene rings is 6. The van der Waals surface area contributed by atoms with Crippen LogP contribution in [0.5, 0.6) is 0 Å². The molecule has 4 heteroatoms. The summed E-state index contributed by atoms with van der Waals surface area (Å²) in [5.74, 6) is 0.874. The van der Waals surface area contributed by atoms with Crippen LogP contribution in [0.3, 0.4) is 0 Å². The van der Waals surface area contributed by atoms with Crippen LogP contribution in [0.1, 0.15) is 30.0 Å². The average Bonchev–Trinajstić information content (AvgIpc) is 3.47. The van der Waals surface area contributed by atoms with Gasteiger partial charge in [0.2, 0.25) is 0 Å². The van der Waals surface area contributed by atoms with Crippen molar-refractivity contribution in [3.63, 3.8) is 0 Å². The van der Waals surface area contributed by atoms with Gasteiger partial charge in [-0.25, -0.2) is 9.98 Å². The number of nitrogens with zero attached hydrogens (tertiary/aromatic N) is 2. The summed E-state index contributed by atoms with van der Waals surface area (Å²) in [7, 11) is 0. The Bertz CT molecular complexity index is 2310. The molecule has 0 unspecified atom stereocenters. The Morgan fingerprint density at radius 1 is 0.600 bits per heavy atom. The minimum absolute atomic E-state index is 0.177. The minimum Gasteiger partial charge on any atom is -0.232 e. The van der Waals surface area contributed by atoms with Crippen molar-refractivity contribution in [3.8, 4) is 11.1 Å². The summed E-state index contributed by atoms with van der Waals surface area (Å²) in [6.45, 7) is 2.26. The fourth-order valence-corrected chi connectivity index (χ4v) is 7.62. The second-order valence-corrected chi connectivity index (χ2v) is 13.1. The van der Waals surface area contributed by atoms with Crippen molar-refractivity contribution in [2.45, 2.75) is 13.3 Å². The normalized spacial score (nSPS) is 18.9. The summed E-state index contributed by atoms with van der Waals surface area (Å²) < 4.78 is 2.35. The molecule has 216 valence electrons. The quantitative estimate of drug-likeness (QED) is 0.188. The molecule has 8 rings (SSSR count). The molecule has 1 aliphatic heterocycles. The SMILES string of the molecule is C[C@@H]1C/C=C(c2cc(Cl)c3sc4ccccc4c3c2)/N=C(c2ccc(-c3ccccc3)cc2)\N=C/1c1ccc2ccccc2c1. The zero-order chi connectivity index (χ0) is 30.3. The second-order valence-electron chi connectivity index (χ2n) is 11.6. The van der Waals surface area contributed by atoms with Crippen molar-refractivity contribution in [2.75, 3.05) is 0 Å². The Morgan fingerprint density at radius 2 is 1.29 bits per heavy atom. The molecule has 0 spiro atoms. The molecule has 0 saturated carbocycles. The van der Waals surface area contributed by atoms with E-state index in [0.29, 0.717) is 5.84 Å². The van der Waals surface area contributed by atoms with Crippen LogP contribution >= 0.6 is 22.9 Å². The number of fused-ring (bicyclic) bond motifs is 4. The molecule has 0 radical (unpaired) electrons. The van der Waals surface area contributed by atoms with E-state index in [-0.39, 0.29) is 5.92 Å². The van der Waals surface area contributed by atoms with Gasteiger partial charge in [-0.3, -0.25) is 0 Å². The van der Waals surface area contributed by atoms with Crippen molar-refractivity contribution >= 4 is 71.1 Å². The van der Waals surface area contributed by atoms with E-state index in [9.17, 15) is 0 Å². The molecule has 0 saturated heterocycles. The first kappa shape index (κ1) is 27.7. The van der Waals surface area contributed by atoms with Crippen molar-refractivity contribution < 1.29 is 0 Å². The van der Waals surface area contributed by atoms with Crippen molar-refractivity contribution in [3.05, 3.63) is 161 Å². The van der Waals surface area contributed by atoms with Crippen molar-refractivity contribution in [1.29, 1.82) is 0 Å². The molecule has 1 atom stereocenters. The van der Waals surface area contributed by atoms with Gasteiger partial charge in [-0.1, -0.05) is 134 Å². The maximum atomic E-state index is 6.94. The van der Waals surface area contributed by atoms with Gasteiger partial charge in [0.1, 0.15) is 0 Å². The van der Waals surface area contributed by atoms with Crippen LogP contribution in [0.4, 0.5) is 0 Å². The molecule has 0 N–H and O–H groups in total. The van der Waals surface area contributed by atoms with Crippen LogP contribution in [-0.2, 0) is 0 Å². The first-order valence-electron chi connectivity index (χ1n) is 15.2. The topological polar surface area (TPSA) is 24.7 Å². The molecule has 2 heterocycles. The number of halogens is 1. The lowest BCUT2D eigenvalue weighted by molar-refractivity contribution is 0.790. The average molecular weight is 617 g/mol. The van der Waals surface area contributed by atoms with Gasteiger partial charge in [0.05, 0.1) is 21.1 Å². The lowest BCUT2D eigenvalue weighted by Crippen LogP contribution is -2.17. The maximum Gasteiger partial charge on any atom is 0.160 e. The maximum absolute atomic E-state index is 6.94. The first-order valence-corrected chi connectivity index (χ1v) is 16.4. The third-order valence-electron chi connectivity index (χ3n) is 8.61. The summed E-state index contributed by atoms with van der Waals surface area (Å²) in [5.41, 5.74) is 7.39. The summed E-state index contributed by atoms with van der Waals surface area (Å²) in [5, 5.41) is 5.57. The molecule has 45 heavy (non-hydrogen) atoms. The van der Waals surface area contributed by atoms with E-state index in [0.717, 1.165) is 49.8 Å². The van der Waals surface area contributed by atoms with E-state index in [2.05, 4.69) is 140 Å². The third-order valence-corrected chi connectivity index (χ3v) is 10.2. The number of rotatable bonds is 4. The Kier molecular flexibility index (Phi) is 7.13. The molecule has 6 aromatic carbocycles. The fourth-order valence-electron chi connectivity index (χ4n) is 6.19. The zero-order valence-electron chi connectivity index (χ0n) is 24.7. The summed E-state index contributed by atoms with van der Waals surface area (Å²) in [6.07, 6.45) is 3.07. The van der Waals surface area contributed by atoms with Crippen LogP contribution in [0.2, 0.25) is 5.02 Å². The summed E-state index contributed by atoms with van der Waals surface area (Å²) in [4.78, 5) is 10.7. The van der Waals surface area contributed by atoms with Crippen molar-refractivity contribution in [1.82, 2.24) is 0 Å². The Labute approximate surface area is 271 Å². The molecule has 0 aliphatic carbocycles. The van der Waals surface area contributed by atoms with Gasteiger partial charge in [0, 0.05) is 32.5 Å². The summed E-state index contributed by atoms with van der Waals surface area (Å²) in [6, 6.07) is 46.9. The smallest absolute Gasteiger partial charge is 0.160 e. The largest absolute Gasteiger partial charge is 0.232 e. The number of hydrogen-bond acceptors (Lipinski definition) is 3. The summed E-state index contributed by atoms with van der Waals surface area (Å²) >= 11 is 8.68. The predicted octanol–water partition coefficient (Wildman–Crippen LogP) is 11.8. The molecule has 1 aromatic heterocycles. The van der Waals surface area contributed by atoms with Crippen molar-refractivity contribution in [2.24, 2.45) is 15.9 Å². The van der Waals surface area contributed by atoms with Gasteiger partial charge in [0.25, 0.3) is 0 Å². The molecule has 1 aliphatic rings. The number of aliphatic imine (C=N–C) groups is 2. The van der Waals surface area contributed by atoms with Gasteiger partial charge >= 0.3 is 0 Å². The second kappa shape index (κ2) is 11.6. The van der Waals surface area contributed by atoms with Crippen LogP contribution in [0, 0.1) is 5.92 Å². The van der Waals surface area contributed by atoms with Crippen LogP contribution in [0.25, 0.3) is 47.8 Å². The van der Waals surface area contributed by atoms with Gasteiger partial charge in [0.15, 0.2) is 5.84 Å². The Hall–Kier alpha value is -4.83. The number of thiophene rings is 1. The van der Waals surface area contributed by atoms with E-state index in [1.807, 2.05) is 6.07 Å². The lowest BCUT2D eigenvalue weighted by Gasteiger charge is -2.19. The highest BCUT2D eigenvalue weighted by Crippen LogP contribution is 2.40.